The van der Waals surface area contributed by atoms with Gasteiger partial charge in [0.2, 0.25) is 5.75 Å². The zero-order chi connectivity index (χ0) is 16.4. The van der Waals surface area contributed by atoms with Gasteiger partial charge in [0.1, 0.15) is 17.6 Å². The fourth-order valence-corrected chi connectivity index (χ4v) is 1.93. The number of nitrogens with zero attached hydrogens (tertiary/aromatic N) is 4. The molecule has 0 saturated carbocycles. The molecular weight excluding hydrogens is 302 g/mol. The second-order valence-corrected chi connectivity index (χ2v) is 4.58. The van der Waals surface area contributed by atoms with E-state index in [0.29, 0.717) is 5.69 Å². The Morgan fingerprint density at radius 2 is 2.22 bits per heavy atom. The Morgan fingerprint density at radius 3 is 2.87 bits per heavy atom. The first-order chi connectivity index (χ1) is 11.1. The van der Waals surface area contributed by atoms with Crippen LogP contribution in [0.5, 0.6) is 5.75 Å². The first-order valence-corrected chi connectivity index (χ1v) is 6.50. The molecule has 2 N–H and O–H groups in total. The van der Waals surface area contributed by atoms with Crippen LogP contribution in [0, 0.1) is 0 Å². The van der Waals surface area contributed by atoms with Gasteiger partial charge in [0.25, 0.3) is 11.5 Å². The Labute approximate surface area is 129 Å². The third-order valence-electron chi connectivity index (χ3n) is 3.07. The number of hydrogen-bond acceptors (Lipinski definition) is 7. The molecule has 0 aromatic carbocycles. The summed E-state index contributed by atoms with van der Waals surface area (Å²) in [6.07, 6.45) is 4.01. The molecule has 9 nitrogen and oxygen atoms in total. The SMILES string of the molecule is Cn1c(-c2ccccn2)nc(C(=O)Nc2cnoc2)c(O)c1=O. The van der Waals surface area contributed by atoms with Crippen LogP contribution in [0.25, 0.3) is 11.5 Å². The lowest BCUT2D eigenvalue weighted by Gasteiger charge is -2.10. The summed E-state index contributed by atoms with van der Waals surface area (Å²) in [4.78, 5) is 32.5. The number of hydrogen-bond donors (Lipinski definition) is 2. The van der Waals surface area contributed by atoms with Crippen LogP contribution in [-0.2, 0) is 7.05 Å². The standard InChI is InChI=1S/C14H11N5O4/c1-19-12(9-4-2-3-5-15-9)18-10(11(20)14(19)22)13(21)17-8-6-16-23-7-8/h2-7,20H,1H3,(H,17,21). The number of carbonyl (C=O) groups is 1. The number of carbonyl (C=O) groups excluding carboxylic acids is 1. The average Bonchev–Trinajstić information content (AvgIpc) is 3.06. The van der Waals surface area contributed by atoms with Gasteiger partial charge in [-0.2, -0.15) is 0 Å². The summed E-state index contributed by atoms with van der Waals surface area (Å²) in [5, 5.41) is 15.8. The summed E-state index contributed by atoms with van der Waals surface area (Å²) in [6.45, 7) is 0. The molecule has 0 aliphatic heterocycles. The molecule has 3 aromatic rings. The molecule has 1 amide bonds. The van der Waals surface area contributed by atoms with Crippen molar-refractivity contribution in [1.82, 2.24) is 19.7 Å². The predicted octanol–water partition coefficient (Wildman–Crippen LogP) is 0.788. The molecular formula is C14H11N5O4. The zero-order valence-electron chi connectivity index (χ0n) is 11.9. The van der Waals surface area contributed by atoms with E-state index in [2.05, 4.69) is 25.0 Å². The second-order valence-electron chi connectivity index (χ2n) is 4.58. The molecule has 3 rings (SSSR count). The number of aromatic hydroxyl groups is 1. The molecule has 0 unspecified atom stereocenters. The molecule has 0 aliphatic rings. The van der Waals surface area contributed by atoms with Crippen molar-refractivity contribution in [3.05, 3.63) is 52.9 Å². The van der Waals surface area contributed by atoms with Crippen LogP contribution in [0.2, 0.25) is 0 Å². The summed E-state index contributed by atoms with van der Waals surface area (Å²) in [7, 11) is 1.43. The van der Waals surface area contributed by atoms with Gasteiger partial charge in [0, 0.05) is 13.2 Å². The lowest BCUT2D eigenvalue weighted by Crippen LogP contribution is -2.25. The summed E-state index contributed by atoms with van der Waals surface area (Å²) in [5.74, 6) is -1.36. The van der Waals surface area contributed by atoms with Gasteiger partial charge in [0.05, 0.1) is 6.20 Å². The van der Waals surface area contributed by atoms with E-state index in [1.54, 1.807) is 18.2 Å². The maximum atomic E-state index is 12.2. The summed E-state index contributed by atoms with van der Waals surface area (Å²) in [5.41, 5.74) is -0.492. The maximum absolute atomic E-state index is 12.2. The van der Waals surface area contributed by atoms with Crippen molar-refractivity contribution in [2.24, 2.45) is 7.05 Å². The fraction of sp³-hybridized carbons (Fsp3) is 0.0714. The van der Waals surface area contributed by atoms with E-state index in [9.17, 15) is 14.7 Å². The van der Waals surface area contributed by atoms with Crippen LogP contribution in [0.4, 0.5) is 5.69 Å². The lowest BCUT2D eigenvalue weighted by atomic mass is 10.3. The quantitative estimate of drug-likeness (QED) is 0.732. The monoisotopic (exact) mass is 313 g/mol. The number of nitrogens with one attached hydrogen (secondary N) is 1. The molecule has 0 saturated heterocycles. The van der Waals surface area contributed by atoms with Crippen molar-refractivity contribution in [3.63, 3.8) is 0 Å². The van der Waals surface area contributed by atoms with Crippen molar-refractivity contribution in [3.8, 4) is 17.3 Å². The minimum atomic E-state index is -0.763. The summed E-state index contributed by atoms with van der Waals surface area (Å²) < 4.78 is 5.71. The molecule has 9 heteroatoms. The van der Waals surface area contributed by atoms with Crippen molar-refractivity contribution in [1.29, 1.82) is 0 Å². The van der Waals surface area contributed by atoms with Crippen LogP contribution in [-0.4, -0.2) is 30.7 Å². The van der Waals surface area contributed by atoms with Gasteiger partial charge in [-0.1, -0.05) is 11.2 Å². The first kappa shape index (κ1) is 14.4. The average molecular weight is 313 g/mol. The van der Waals surface area contributed by atoms with Gasteiger partial charge >= 0.3 is 0 Å². The number of aromatic nitrogens is 4. The van der Waals surface area contributed by atoms with E-state index in [0.717, 1.165) is 4.57 Å². The van der Waals surface area contributed by atoms with Gasteiger partial charge in [-0.25, -0.2) is 4.98 Å². The first-order valence-electron chi connectivity index (χ1n) is 6.50. The van der Waals surface area contributed by atoms with Crippen molar-refractivity contribution < 1.29 is 14.4 Å². The van der Waals surface area contributed by atoms with E-state index in [-0.39, 0.29) is 11.5 Å². The third kappa shape index (κ3) is 2.67. The largest absolute Gasteiger partial charge is 0.501 e. The van der Waals surface area contributed by atoms with E-state index in [1.165, 1.54) is 25.7 Å². The van der Waals surface area contributed by atoms with Gasteiger partial charge in [-0.3, -0.25) is 19.1 Å². The highest BCUT2D eigenvalue weighted by molar-refractivity contribution is 6.04. The summed E-state index contributed by atoms with van der Waals surface area (Å²) >= 11 is 0. The Morgan fingerprint density at radius 1 is 1.39 bits per heavy atom. The normalized spacial score (nSPS) is 10.5. The second kappa shape index (κ2) is 5.72. The number of rotatable bonds is 3. The lowest BCUT2D eigenvalue weighted by molar-refractivity contribution is 0.101. The highest BCUT2D eigenvalue weighted by Crippen LogP contribution is 2.18. The van der Waals surface area contributed by atoms with E-state index in [4.69, 9.17) is 0 Å². The van der Waals surface area contributed by atoms with E-state index in [1.807, 2.05) is 0 Å². The third-order valence-corrected chi connectivity index (χ3v) is 3.07. The van der Waals surface area contributed by atoms with Crippen LogP contribution in [0.3, 0.4) is 0 Å². The van der Waals surface area contributed by atoms with Crippen LogP contribution < -0.4 is 10.9 Å². The highest BCUT2D eigenvalue weighted by atomic mass is 16.5. The number of amides is 1. The fourth-order valence-electron chi connectivity index (χ4n) is 1.93. The smallest absolute Gasteiger partial charge is 0.296 e. The maximum Gasteiger partial charge on any atom is 0.296 e. The van der Waals surface area contributed by atoms with Crippen molar-refractivity contribution >= 4 is 11.6 Å². The minimum Gasteiger partial charge on any atom is -0.501 e. The molecule has 23 heavy (non-hydrogen) atoms. The Hall–Kier alpha value is -3.49. The van der Waals surface area contributed by atoms with Gasteiger partial charge in [-0.15, -0.1) is 0 Å². The van der Waals surface area contributed by atoms with Gasteiger partial charge in [0.15, 0.2) is 11.5 Å². The van der Waals surface area contributed by atoms with Gasteiger partial charge in [-0.05, 0) is 12.1 Å². The van der Waals surface area contributed by atoms with Gasteiger partial charge < -0.3 is 14.9 Å². The Kier molecular flexibility index (Phi) is 3.59. The number of anilines is 1. The van der Waals surface area contributed by atoms with Crippen LogP contribution in [0.15, 0.2) is 46.2 Å². The minimum absolute atomic E-state index is 0.156. The molecule has 0 spiro atoms. The predicted molar refractivity (Wildman–Crippen MR) is 78.8 cm³/mol. The van der Waals surface area contributed by atoms with E-state index >= 15 is 0 Å². The molecule has 116 valence electrons. The summed E-state index contributed by atoms with van der Waals surface area (Å²) in [6, 6.07) is 5.07. The molecule has 0 radical (unpaired) electrons. The van der Waals surface area contributed by atoms with E-state index < -0.39 is 22.9 Å². The Balaban J connectivity index is 2.09. The topological polar surface area (TPSA) is 123 Å². The van der Waals surface area contributed by atoms with Crippen molar-refractivity contribution in [2.45, 2.75) is 0 Å². The molecule has 0 atom stereocenters. The highest BCUT2D eigenvalue weighted by Gasteiger charge is 2.21. The number of pyridine rings is 1. The molecule has 3 aromatic heterocycles. The van der Waals surface area contributed by atoms with Crippen LogP contribution >= 0.6 is 0 Å². The molecule has 0 bridgehead atoms. The molecule has 0 aliphatic carbocycles. The van der Waals surface area contributed by atoms with Crippen LogP contribution in [0.1, 0.15) is 10.5 Å². The molecule has 3 heterocycles. The van der Waals surface area contributed by atoms with Crippen molar-refractivity contribution in [2.75, 3.05) is 5.32 Å². The zero-order valence-corrected chi connectivity index (χ0v) is 11.9. The molecule has 0 fully saturated rings. The Bertz CT molecular complexity index is 903.